The number of amides is 2. The number of hydrogen-bond acceptors (Lipinski definition) is 6. The van der Waals surface area contributed by atoms with E-state index in [-0.39, 0.29) is 12.5 Å². The lowest BCUT2D eigenvalue weighted by Gasteiger charge is -2.20. The lowest BCUT2D eigenvalue weighted by molar-refractivity contribution is -0.126. The number of rotatable bonds is 6. The molecule has 25 heavy (non-hydrogen) atoms. The number of H-pyrrole nitrogens is 1. The van der Waals surface area contributed by atoms with E-state index < -0.39 is 11.9 Å². The number of anilines is 1. The summed E-state index contributed by atoms with van der Waals surface area (Å²) in [5.41, 5.74) is 7.19. The van der Waals surface area contributed by atoms with Crippen molar-refractivity contribution >= 4 is 28.8 Å². The summed E-state index contributed by atoms with van der Waals surface area (Å²) >= 11 is 0. The first-order valence-electron chi connectivity index (χ1n) is 7.55. The maximum Gasteiger partial charge on any atom is 0.244 e. The zero-order valence-corrected chi connectivity index (χ0v) is 13.5. The maximum absolute atomic E-state index is 12.4. The zero-order chi connectivity index (χ0) is 17.8. The minimum atomic E-state index is -0.889. The third-order valence-electron chi connectivity index (χ3n) is 3.67. The van der Waals surface area contributed by atoms with Crippen LogP contribution in [0.2, 0.25) is 0 Å². The molecular weight excluding hydrogens is 322 g/mol. The molecule has 0 bridgehead atoms. The molecule has 0 spiro atoms. The Labute approximate surface area is 143 Å². The Morgan fingerprint density at radius 1 is 1.24 bits per heavy atom. The Morgan fingerprint density at radius 3 is 2.72 bits per heavy atom. The molecule has 2 aromatic heterocycles. The molecule has 0 aliphatic carbocycles. The first-order chi connectivity index (χ1) is 12.1. The molecule has 0 saturated carbocycles. The van der Waals surface area contributed by atoms with E-state index in [1.807, 2.05) is 6.07 Å². The summed E-state index contributed by atoms with van der Waals surface area (Å²) in [6, 6.07) is 7.95. The monoisotopic (exact) mass is 339 g/mol. The molecule has 3 aromatic rings. The molecule has 0 fully saturated rings. The van der Waals surface area contributed by atoms with Crippen molar-refractivity contribution in [1.29, 1.82) is 0 Å². The quantitative estimate of drug-likeness (QED) is 0.585. The number of nitrogens with one attached hydrogen (secondary N) is 2. The summed E-state index contributed by atoms with van der Waals surface area (Å²) < 4.78 is 0. The van der Waals surface area contributed by atoms with Crippen LogP contribution < -0.4 is 16.0 Å². The molecule has 2 heterocycles. The van der Waals surface area contributed by atoms with Gasteiger partial charge < -0.3 is 20.9 Å². The van der Waals surface area contributed by atoms with Crippen LogP contribution in [0.1, 0.15) is 11.6 Å². The fraction of sp³-hybridized carbons (Fsp3) is 0.188. The highest BCUT2D eigenvalue weighted by atomic mass is 16.2. The number of carbonyl (C=O) groups is 2. The van der Waals surface area contributed by atoms with E-state index in [2.05, 4.69) is 25.3 Å². The van der Waals surface area contributed by atoms with Gasteiger partial charge in [0.15, 0.2) is 11.5 Å². The standard InChI is InChI=1S/C16H17N7O2/c1-23(16-13-15(19-8-18-13)20-9-21-16)7-11(24)22-12(14(17)25)10-5-3-2-4-6-10/h2-6,8-9,12H,7H2,1H3,(H2,17,25)(H,22,24)(H,18,19,20,21). The van der Waals surface area contributed by atoms with Crippen molar-refractivity contribution < 1.29 is 9.59 Å². The van der Waals surface area contributed by atoms with Crippen LogP contribution in [0, 0.1) is 0 Å². The lowest BCUT2D eigenvalue weighted by atomic mass is 10.1. The molecule has 3 rings (SSSR count). The number of nitrogens with zero attached hydrogens (tertiary/aromatic N) is 4. The van der Waals surface area contributed by atoms with Crippen LogP contribution in [0.25, 0.3) is 11.2 Å². The number of fused-ring (bicyclic) bond motifs is 1. The normalized spacial score (nSPS) is 11.9. The molecule has 1 aromatic carbocycles. The van der Waals surface area contributed by atoms with Gasteiger partial charge in [0.05, 0.1) is 12.9 Å². The second kappa shape index (κ2) is 6.95. The summed E-state index contributed by atoms with van der Waals surface area (Å²) in [5.74, 6) is -0.449. The van der Waals surface area contributed by atoms with Gasteiger partial charge in [-0.1, -0.05) is 30.3 Å². The highest BCUT2D eigenvalue weighted by molar-refractivity contribution is 5.91. The van der Waals surface area contributed by atoms with Gasteiger partial charge in [-0.15, -0.1) is 0 Å². The van der Waals surface area contributed by atoms with Gasteiger partial charge in [0.1, 0.15) is 17.9 Å². The highest BCUT2D eigenvalue weighted by Crippen LogP contribution is 2.18. The number of imidazole rings is 1. The largest absolute Gasteiger partial charge is 0.368 e. The van der Waals surface area contributed by atoms with Crippen LogP contribution in [-0.2, 0) is 9.59 Å². The second-order valence-electron chi connectivity index (χ2n) is 5.47. The van der Waals surface area contributed by atoms with E-state index in [0.29, 0.717) is 22.5 Å². The van der Waals surface area contributed by atoms with Crippen molar-refractivity contribution in [2.45, 2.75) is 6.04 Å². The third kappa shape index (κ3) is 3.55. The molecule has 0 aliphatic rings. The van der Waals surface area contributed by atoms with E-state index in [4.69, 9.17) is 5.73 Å². The molecule has 4 N–H and O–H groups in total. The van der Waals surface area contributed by atoms with E-state index in [1.54, 1.807) is 36.2 Å². The number of aromatic amines is 1. The number of carbonyl (C=O) groups excluding carboxylic acids is 2. The fourth-order valence-corrected chi connectivity index (χ4v) is 2.50. The molecule has 0 radical (unpaired) electrons. The predicted molar refractivity (Wildman–Crippen MR) is 91.5 cm³/mol. The van der Waals surface area contributed by atoms with Crippen LogP contribution >= 0.6 is 0 Å². The Balaban J connectivity index is 1.73. The van der Waals surface area contributed by atoms with E-state index >= 15 is 0 Å². The smallest absolute Gasteiger partial charge is 0.244 e. The van der Waals surface area contributed by atoms with Gasteiger partial charge in [-0.05, 0) is 5.56 Å². The highest BCUT2D eigenvalue weighted by Gasteiger charge is 2.21. The van der Waals surface area contributed by atoms with Crippen molar-refractivity contribution in [3.8, 4) is 0 Å². The number of likely N-dealkylation sites (N-methyl/N-ethyl adjacent to an activating group) is 1. The van der Waals surface area contributed by atoms with Crippen LogP contribution in [0.3, 0.4) is 0 Å². The molecule has 0 aliphatic heterocycles. The first-order valence-corrected chi connectivity index (χ1v) is 7.55. The maximum atomic E-state index is 12.4. The average molecular weight is 339 g/mol. The van der Waals surface area contributed by atoms with Crippen molar-refractivity contribution in [3.63, 3.8) is 0 Å². The minimum Gasteiger partial charge on any atom is -0.368 e. The van der Waals surface area contributed by atoms with E-state index in [9.17, 15) is 9.59 Å². The Bertz CT molecular complexity index is 894. The second-order valence-corrected chi connectivity index (χ2v) is 5.47. The minimum absolute atomic E-state index is 0.0122. The van der Waals surface area contributed by atoms with Gasteiger partial charge in [0, 0.05) is 7.05 Å². The number of nitrogens with two attached hydrogens (primary N) is 1. The summed E-state index contributed by atoms with van der Waals surface area (Å²) in [7, 11) is 1.71. The fourth-order valence-electron chi connectivity index (χ4n) is 2.50. The molecule has 9 heteroatoms. The number of hydrogen-bond donors (Lipinski definition) is 3. The molecule has 2 amide bonds. The molecule has 0 saturated heterocycles. The number of primary amides is 1. The van der Waals surface area contributed by atoms with Crippen molar-refractivity contribution in [1.82, 2.24) is 25.3 Å². The van der Waals surface area contributed by atoms with Crippen molar-refractivity contribution in [2.24, 2.45) is 5.73 Å². The van der Waals surface area contributed by atoms with Gasteiger partial charge in [-0.2, -0.15) is 0 Å². The van der Waals surface area contributed by atoms with E-state index in [1.165, 1.54) is 12.7 Å². The summed E-state index contributed by atoms with van der Waals surface area (Å²) in [4.78, 5) is 40.9. The summed E-state index contributed by atoms with van der Waals surface area (Å²) in [6.45, 7) is -0.0122. The van der Waals surface area contributed by atoms with Gasteiger partial charge in [0.25, 0.3) is 0 Å². The number of benzene rings is 1. The first kappa shape index (κ1) is 16.4. The Morgan fingerprint density at radius 2 is 2.00 bits per heavy atom. The Kier molecular flexibility index (Phi) is 4.55. The lowest BCUT2D eigenvalue weighted by Crippen LogP contribution is -2.42. The van der Waals surface area contributed by atoms with Gasteiger partial charge in [-0.25, -0.2) is 15.0 Å². The SMILES string of the molecule is CN(CC(=O)NC(C(N)=O)c1ccccc1)c1ncnc2nc[nH]c12. The summed E-state index contributed by atoms with van der Waals surface area (Å²) in [6.07, 6.45) is 2.89. The molecule has 1 atom stereocenters. The van der Waals surface area contributed by atoms with Crippen LogP contribution in [0.5, 0.6) is 0 Å². The predicted octanol–water partition coefficient (Wildman–Crippen LogP) is 0.132. The Hall–Kier alpha value is -3.49. The number of aromatic nitrogens is 4. The molecule has 9 nitrogen and oxygen atoms in total. The van der Waals surface area contributed by atoms with Crippen molar-refractivity contribution in [2.75, 3.05) is 18.5 Å². The molecule has 1 unspecified atom stereocenters. The van der Waals surface area contributed by atoms with Gasteiger partial charge >= 0.3 is 0 Å². The van der Waals surface area contributed by atoms with Gasteiger partial charge in [-0.3, -0.25) is 9.59 Å². The topological polar surface area (TPSA) is 130 Å². The molecular formula is C16H17N7O2. The summed E-state index contributed by atoms with van der Waals surface area (Å²) in [5, 5.41) is 2.65. The van der Waals surface area contributed by atoms with Gasteiger partial charge in [0.2, 0.25) is 11.8 Å². The van der Waals surface area contributed by atoms with Crippen molar-refractivity contribution in [3.05, 3.63) is 48.5 Å². The zero-order valence-electron chi connectivity index (χ0n) is 13.5. The van der Waals surface area contributed by atoms with Crippen LogP contribution in [0.15, 0.2) is 43.0 Å². The molecule has 128 valence electrons. The average Bonchev–Trinajstić information content (AvgIpc) is 3.08. The van der Waals surface area contributed by atoms with E-state index in [0.717, 1.165) is 0 Å². The van der Waals surface area contributed by atoms with Crippen LogP contribution in [0.4, 0.5) is 5.82 Å². The third-order valence-corrected chi connectivity index (χ3v) is 3.67. The van der Waals surface area contributed by atoms with Crippen LogP contribution in [-0.4, -0.2) is 45.3 Å².